The minimum atomic E-state index is 0.0307. The van der Waals surface area contributed by atoms with Gasteiger partial charge in [-0.3, -0.25) is 9.48 Å². The average molecular weight is 341 g/mol. The van der Waals surface area contributed by atoms with Crippen molar-refractivity contribution >= 4 is 17.5 Å². The van der Waals surface area contributed by atoms with Gasteiger partial charge in [0.25, 0.3) is 0 Å². The van der Waals surface area contributed by atoms with Crippen molar-refractivity contribution in [2.75, 3.05) is 0 Å². The third kappa shape index (κ3) is 4.70. The SMILES string of the molecule is Cc1nn(CCC(=O)NC2CC(C)(C)NC(C)(C)C2)c(C)c1Cl. The molecule has 0 unspecified atom stereocenters. The summed E-state index contributed by atoms with van der Waals surface area (Å²) >= 11 is 6.14. The molecule has 2 N–H and O–H groups in total. The van der Waals surface area contributed by atoms with E-state index in [9.17, 15) is 4.79 Å². The summed E-state index contributed by atoms with van der Waals surface area (Å²) in [4.78, 5) is 12.3. The van der Waals surface area contributed by atoms with Gasteiger partial charge in [0.1, 0.15) is 0 Å². The van der Waals surface area contributed by atoms with Gasteiger partial charge >= 0.3 is 0 Å². The normalized spacial score (nSPS) is 20.5. The zero-order chi connectivity index (χ0) is 17.4. The van der Waals surface area contributed by atoms with E-state index in [-0.39, 0.29) is 23.0 Å². The Morgan fingerprint density at radius 3 is 2.35 bits per heavy atom. The molecule has 1 saturated heterocycles. The van der Waals surface area contributed by atoms with Gasteiger partial charge in [-0.2, -0.15) is 5.10 Å². The molecule has 1 aromatic rings. The first-order chi connectivity index (χ1) is 10.5. The summed E-state index contributed by atoms with van der Waals surface area (Å²) in [7, 11) is 0. The van der Waals surface area contributed by atoms with Crippen LogP contribution in [0.2, 0.25) is 5.02 Å². The van der Waals surface area contributed by atoms with Gasteiger partial charge in [-0.25, -0.2) is 0 Å². The first kappa shape index (κ1) is 18.3. The van der Waals surface area contributed by atoms with Crippen molar-refractivity contribution in [3.63, 3.8) is 0 Å². The molecule has 1 amide bonds. The lowest BCUT2D eigenvalue weighted by molar-refractivity contribution is -0.122. The van der Waals surface area contributed by atoms with Crippen molar-refractivity contribution in [3.8, 4) is 0 Å². The van der Waals surface area contributed by atoms with E-state index in [1.165, 1.54) is 0 Å². The number of nitrogens with one attached hydrogen (secondary N) is 2. The molecule has 0 atom stereocenters. The van der Waals surface area contributed by atoms with Crippen LogP contribution in [0.1, 0.15) is 58.3 Å². The van der Waals surface area contributed by atoms with Crippen molar-refractivity contribution in [3.05, 3.63) is 16.4 Å². The number of piperidine rings is 1. The molecule has 6 heteroatoms. The predicted molar refractivity (Wildman–Crippen MR) is 93.8 cm³/mol. The molecule has 0 aliphatic carbocycles. The largest absolute Gasteiger partial charge is 0.353 e. The Morgan fingerprint density at radius 2 is 1.87 bits per heavy atom. The fraction of sp³-hybridized carbons (Fsp3) is 0.765. The maximum atomic E-state index is 12.3. The molecule has 1 aliphatic heterocycles. The highest BCUT2D eigenvalue weighted by Gasteiger charge is 2.38. The molecule has 1 fully saturated rings. The highest BCUT2D eigenvalue weighted by molar-refractivity contribution is 6.31. The molecule has 5 nitrogen and oxygen atoms in total. The minimum Gasteiger partial charge on any atom is -0.353 e. The molecule has 2 rings (SSSR count). The van der Waals surface area contributed by atoms with Gasteiger partial charge in [-0.1, -0.05) is 11.6 Å². The molecular weight excluding hydrogens is 312 g/mol. The number of hydrogen-bond acceptors (Lipinski definition) is 3. The number of nitrogens with zero attached hydrogens (tertiary/aromatic N) is 2. The third-order valence-corrected chi connectivity index (χ3v) is 4.95. The highest BCUT2D eigenvalue weighted by Crippen LogP contribution is 2.28. The van der Waals surface area contributed by atoms with E-state index in [1.807, 2.05) is 18.5 Å². The van der Waals surface area contributed by atoms with Crippen LogP contribution in [-0.4, -0.2) is 32.8 Å². The summed E-state index contributed by atoms with van der Waals surface area (Å²) in [5.41, 5.74) is 1.79. The molecule has 0 bridgehead atoms. The highest BCUT2D eigenvalue weighted by atomic mass is 35.5. The minimum absolute atomic E-state index is 0.0307. The number of amides is 1. The van der Waals surface area contributed by atoms with Crippen LogP contribution < -0.4 is 10.6 Å². The van der Waals surface area contributed by atoms with Crippen LogP contribution >= 0.6 is 11.6 Å². The fourth-order valence-electron chi connectivity index (χ4n) is 3.82. The van der Waals surface area contributed by atoms with Crippen LogP contribution in [0.25, 0.3) is 0 Å². The second-order valence-electron chi connectivity index (χ2n) is 8.02. The van der Waals surface area contributed by atoms with Crippen LogP contribution in [0.3, 0.4) is 0 Å². The second-order valence-corrected chi connectivity index (χ2v) is 8.40. The van der Waals surface area contributed by atoms with E-state index in [2.05, 4.69) is 43.4 Å². The Bertz CT molecular complexity index is 576. The van der Waals surface area contributed by atoms with Crippen LogP contribution in [0.15, 0.2) is 0 Å². The quantitative estimate of drug-likeness (QED) is 0.885. The van der Waals surface area contributed by atoms with Crippen LogP contribution in [0.4, 0.5) is 0 Å². The van der Waals surface area contributed by atoms with Crippen molar-refractivity contribution in [1.82, 2.24) is 20.4 Å². The molecule has 23 heavy (non-hydrogen) atoms. The molecule has 0 spiro atoms. The Morgan fingerprint density at radius 1 is 1.30 bits per heavy atom. The average Bonchev–Trinajstić information content (AvgIpc) is 2.60. The Labute approximate surface area is 144 Å². The number of carbonyl (C=O) groups is 1. The standard InChI is InChI=1S/C17H29ClN4O/c1-11-15(18)12(2)22(20-11)8-7-14(23)19-13-9-16(3,4)21-17(5,6)10-13/h13,21H,7-10H2,1-6H3,(H,19,23). The number of hydrogen-bond donors (Lipinski definition) is 2. The molecule has 0 aromatic carbocycles. The molecule has 130 valence electrons. The summed E-state index contributed by atoms with van der Waals surface area (Å²) in [5, 5.41) is 11.9. The van der Waals surface area contributed by atoms with E-state index in [1.54, 1.807) is 0 Å². The van der Waals surface area contributed by atoms with Crippen LogP contribution in [-0.2, 0) is 11.3 Å². The Balaban J connectivity index is 1.90. The van der Waals surface area contributed by atoms with Gasteiger partial charge in [0.15, 0.2) is 0 Å². The lowest BCUT2D eigenvalue weighted by Crippen LogP contribution is -2.62. The monoisotopic (exact) mass is 340 g/mol. The molecule has 0 radical (unpaired) electrons. The number of carbonyl (C=O) groups excluding carboxylic acids is 1. The topological polar surface area (TPSA) is 59.0 Å². The first-order valence-corrected chi connectivity index (χ1v) is 8.65. The predicted octanol–water partition coefficient (Wildman–Crippen LogP) is 2.97. The number of aromatic nitrogens is 2. The van der Waals surface area contributed by atoms with Crippen molar-refractivity contribution in [2.45, 2.75) is 84.5 Å². The summed E-state index contributed by atoms with van der Waals surface area (Å²) in [6.45, 7) is 13.1. The molecular formula is C17H29ClN4O. The maximum absolute atomic E-state index is 12.3. The zero-order valence-corrected chi connectivity index (χ0v) is 15.8. The second kappa shape index (κ2) is 6.44. The van der Waals surface area contributed by atoms with Gasteiger partial charge in [0.05, 0.1) is 23.0 Å². The molecule has 0 saturated carbocycles. The van der Waals surface area contributed by atoms with Gasteiger partial charge < -0.3 is 10.6 Å². The van der Waals surface area contributed by atoms with Gasteiger partial charge in [0, 0.05) is 23.5 Å². The summed E-state index contributed by atoms with van der Waals surface area (Å²) < 4.78 is 1.81. The molecule has 1 aliphatic rings. The van der Waals surface area contributed by atoms with E-state index in [4.69, 9.17) is 11.6 Å². The van der Waals surface area contributed by atoms with Gasteiger partial charge in [-0.15, -0.1) is 0 Å². The van der Waals surface area contributed by atoms with E-state index < -0.39 is 0 Å². The van der Waals surface area contributed by atoms with Crippen molar-refractivity contribution in [1.29, 1.82) is 0 Å². The molecule has 2 heterocycles. The number of rotatable bonds is 4. The van der Waals surface area contributed by atoms with Gasteiger partial charge in [0.2, 0.25) is 5.91 Å². The Kier molecular flexibility index (Phi) is 5.12. The Hall–Kier alpha value is -1.07. The van der Waals surface area contributed by atoms with E-state index >= 15 is 0 Å². The zero-order valence-electron chi connectivity index (χ0n) is 15.1. The smallest absolute Gasteiger partial charge is 0.222 e. The first-order valence-electron chi connectivity index (χ1n) is 8.27. The van der Waals surface area contributed by atoms with Crippen LogP contribution in [0.5, 0.6) is 0 Å². The van der Waals surface area contributed by atoms with Crippen molar-refractivity contribution in [2.24, 2.45) is 0 Å². The summed E-state index contributed by atoms with van der Waals surface area (Å²) in [6.07, 6.45) is 2.30. The van der Waals surface area contributed by atoms with E-state index in [0.29, 0.717) is 18.0 Å². The van der Waals surface area contributed by atoms with E-state index in [0.717, 1.165) is 24.2 Å². The molecule has 1 aromatic heterocycles. The summed E-state index contributed by atoms with van der Waals surface area (Å²) in [6, 6.07) is 0.206. The maximum Gasteiger partial charge on any atom is 0.222 e. The lowest BCUT2D eigenvalue weighted by Gasteiger charge is -2.46. The summed E-state index contributed by atoms with van der Waals surface area (Å²) in [5.74, 6) is 0.0761. The fourth-order valence-corrected chi connectivity index (χ4v) is 3.96. The van der Waals surface area contributed by atoms with Crippen molar-refractivity contribution < 1.29 is 4.79 Å². The lowest BCUT2D eigenvalue weighted by atomic mass is 9.79. The number of halogens is 1. The van der Waals surface area contributed by atoms with Crippen LogP contribution in [0, 0.1) is 13.8 Å². The number of aryl methyl sites for hydroxylation is 2. The third-order valence-electron chi connectivity index (χ3n) is 4.40. The van der Waals surface area contributed by atoms with Gasteiger partial charge in [-0.05, 0) is 54.4 Å².